The maximum Gasteiger partial charge on any atom is 0.336 e. The molecular weight excluding hydrogens is 340 g/mol. The number of aryl methyl sites for hydroxylation is 1. The van der Waals surface area contributed by atoms with Gasteiger partial charge in [-0.15, -0.1) is 0 Å². The average Bonchev–Trinajstić information content (AvgIpc) is 2.63. The van der Waals surface area contributed by atoms with Gasteiger partial charge < -0.3 is 19.3 Å². The third-order valence-electron chi connectivity index (χ3n) is 5.45. The summed E-state index contributed by atoms with van der Waals surface area (Å²) in [5.74, 6) is 0.191. The predicted octanol–water partition coefficient (Wildman–Crippen LogP) is 0.291. The van der Waals surface area contributed by atoms with E-state index in [1.165, 1.54) is 16.5 Å². The van der Waals surface area contributed by atoms with Crippen LogP contribution in [0.25, 0.3) is 11.0 Å². The Bertz CT molecular complexity index is 990. The number of piperazine rings is 1. The summed E-state index contributed by atoms with van der Waals surface area (Å²) in [6.45, 7) is 7.99. The SMILES string of the molecule is Cc1cc(O)c2c(C[NH+]3CC[NH+](Cc4ccccc4)CC3)cc(=O)oc2c1. The topological polar surface area (TPSA) is 59.3 Å². The summed E-state index contributed by atoms with van der Waals surface area (Å²) in [7, 11) is 0. The zero-order valence-corrected chi connectivity index (χ0v) is 15.6. The minimum atomic E-state index is -0.352. The van der Waals surface area contributed by atoms with Crippen molar-refractivity contribution in [2.45, 2.75) is 20.0 Å². The Morgan fingerprint density at radius 1 is 0.963 bits per heavy atom. The summed E-state index contributed by atoms with van der Waals surface area (Å²) < 4.78 is 5.31. The third kappa shape index (κ3) is 4.04. The molecule has 1 saturated heterocycles. The molecule has 27 heavy (non-hydrogen) atoms. The molecule has 0 spiro atoms. The van der Waals surface area contributed by atoms with Gasteiger partial charge >= 0.3 is 5.63 Å². The molecule has 5 heteroatoms. The number of benzene rings is 2. The normalized spacial score (nSPS) is 20.0. The smallest absolute Gasteiger partial charge is 0.336 e. The molecule has 0 saturated carbocycles. The van der Waals surface area contributed by atoms with Gasteiger partial charge in [-0.2, -0.15) is 0 Å². The van der Waals surface area contributed by atoms with Crippen LogP contribution in [-0.4, -0.2) is 31.3 Å². The Balaban J connectivity index is 1.47. The first kappa shape index (κ1) is 17.8. The van der Waals surface area contributed by atoms with Gasteiger partial charge in [-0.25, -0.2) is 4.79 Å². The maximum atomic E-state index is 12.0. The van der Waals surface area contributed by atoms with E-state index in [0.29, 0.717) is 11.0 Å². The average molecular weight is 366 g/mol. The predicted molar refractivity (Wildman–Crippen MR) is 104 cm³/mol. The highest BCUT2D eigenvalue weighted by atomic mass is 16.4. The van der Waals surface area contributed by atoms with E-state index in [4.69, 9.17) is 4.42 Å². The number of rotatable bonds is 4. The number of phenolic OH excluding ortho intramolecular Hbond substituents is 1. The van der Waals surface area contributed by atoms with Crippen molar-refractivity contribution in [3.63, 3.8) is 0 Å². The van der Waals surface area contributed by atoms with Gasteiger partial charge in [0.1, 0.15) is 50.6 Å². The molecule has 0 unspecified atom stereocenters. The summed E-state index contributed by atoms with van der Waals surface area (Å²) in [5.41, 5.74) is 3.26. The van der Waals surface area contributed by atoms with Gasteiger partial charge in [0.25, 0.3) is 0 Å². The van der Waals surface area contributed by atoms with Crippen molar-refractivity contribution in [2.75, 3.05) is 26.2 Å². The lowest BCUT2D eigenvalue weighted by Gasteiger charge is -2.30. The molecule has 3 aromatic rings. The van der Waals surface area contributed by atoms with Crippen molar-refractivity contribution in [3.8, 4) is 5.75 Å². The van der Waals surface area contributed by atoms with Gasteiger partial charge in [-0.05, 0) is 24.6 Å². The van der Waals surface area contributed by atoms with Crippen LogP contribution in [0.2, 0.25) is 0 Å². The number of hydrogen-bond donors (Lipinski definition) is 3. The van der Waals surface area contributed by atoms with Crippen molar-refractivity contribution in [3.05, 3.63) is 75.6 Å². The van der Waals surface area contributed by atoms with Crippen molar-refractivity contribution in [1.29, 1.82) is 0 Å². The molecule has 2 aromatic carbocycles. The first-order valence-electron chi connectivity index (χ1n) is 9.56. The molecule has 0 bridgehead atoms. The van der Waals surface area contributed by atoms with Crippen molar-refractivity contribution in [2.24, 2.45) is 0 Å². The van der Waals surface area contributed by atoms with E-state index in [0.717, 1.165) is 50.4 Å². The van der Waals surface area contributed by atoms with E-state index in [-0.39, 0.29) is 11.4 Å². The molecule has 1 aliphatic heterocycles. The fourth-order valence-corrected chi connectivity index (χ4v) is 4.09. The van der Waals surface area contributed by atoms with E-state index in [9.17, 15) is 9.90 Å². The largest absolute Gasteiger partial charge is 0.507 e. The van der Waals surface area contributed by atoms with E-state index < -0.39 is 0 Å². The third-order valence-corrected chi connectivity index (χ3v) is 5.45. The van der Waals surface area contributed by atoms with Crippen LogP contribution >= 0.6 is 0 Å². The number of phenols is 1. The van der Waals surface area contributed by atoms with Crippen LogP contribution in [0, 0.1) is 6.92 Å². The number of fused-ring (bicyclic) bond motifs is 1. The fraction of sp³-hybridized carbons (Fsp3) is 0.318. The fourth-order valence-electron chi connectivity index (χ4n) is 4.09. The van der Waals surface area contributed by atoms with Gasteiger partial charge in [-0.1, -0.05) is 30.3 Å². The zero-order chi connectivity index (χ0) is 18.8. The quantitative estimate of drug-likeness (QED) is 0.582. The molecular formula is C22H26N2O3+2. The number of quaternary nitrogens is 2. The molecule has 0 radical (unpaired) electrons. The van der Waals surface area contributed by atoms with Crippen LogP contribution in [0.1, 0.15) is 16.7 Å². The molecule has 5 nitrogen and oxygen atoms in total. The highest BCUT2D eigenvalue weighted by Gasteiger charge is 2.24. The van der Waals surface area contributed by atoms with Gasteiger partial charge in [0.05, 0.1) is 5.39 Å². The summed E-state index contributed by atoms with van der Waals surface area (Å²) in [5, 5.41) is 11.1. The highest BCUT2D eigenvalue weighted by molar-refractivity contribution is 5.87. The Kier molecular flexibility index (Phi) is 4.97. The molecule has 140 valence electrons. The summed E-state index contributed by atoms with van der Waals surface area (Å²) >= 11 is 0. The van der Waals surface area contributed by atoms with Crippen LogP contribution in [0.3, 0.4) is 0 Å². The van der Waals surface area contributed by atoms with E-state index in [1.54, 1.807) is 11.0 Å². The molecule has 1 aliphatic rings. The monoisotopic (exact) mass is 366 g/mol. The number of nitrogens with one attached hydrogen (secondary N) is 2. The van der Waals surface area contributed by atoms with E-state index >= 15 is 0 Å². The summed E-state index contributed by atoms with van der Waals surface area (Å²) in [6, 6.07) is 15.7. The van der Waals surface area contributed by atoms with Crippen LogP contribution in [0.5, 0.6) is 5.75 Å². The number of aromatic hydroxyl groups is 1. The summed E-state index contributed by atoms with van der Waals surface area (Å²) in [4.78, 5) is 15.0. The lowest BCUT2D eigenvalue weighted by molar-refractivity contribution is -1.02. The standard InChI is InChI=1S/C22H24N2O3/c1-16-11-19(25)22-18(13-21(26)27-20(22)12-16)15-24-9-7-23(8-10-24)14-17-5-3-2-4-6-17/h2-6,11-13,25H,7-10,14-15H2,1H3/p+2. The van der Waals surface area contributed by atoms with E-state index in [1.807, 2.05) is 13.0 Å². The molecule has 4 rings (SSSR count). The Hall–Kier alpha value is -2.63. The molecule has 0 aliphatic carbocycles. The van der Waals surface area contributed by atoms with Gasteiger partial charge in [0.15, 0.2) is 0 Å². The van der Waals surface area contributed by atoms with Gasteiger partial charge in [0.2, 0.25) is 0 Å². The first-order chi connectivity index (χ1) is 13.1. The Labute approximate surface area is 158 Å². The zero-order valence-electron chi connectivity index (χ0n) is 15.6. The minimum absolute atomic E-state index is 0.191. The Morgan fingerprint density at radius 3 is 2.33 bits per heavy atom. The molecule has 2 heterocycles. The maximum absolute atomic E-state index is 12.0. The molecule has 1 fully saturated rings. The second-order valence-electron chi connectivity index (χ2n) is 7.59. The molecule has 0 atom stereocenters. The second kappa shape index (κ2) is 7.55. The van der Waals surface area contributed by atoms with Crippen LogP contribution < -0.4 is 15.4 Å². The Morgan fingerprint density at radius 2 is 1.63 bits per heavy atom. The van der Waals surface area contributed by atoms with Crippen molar-refractivity contribution < 1.29 is 19.3 Å². The summed E-state index contributed by atoms with van der Waals surface area (Å²) in [6.07, 6.45) is 0. The second-order valence-corrected chi connectivity index (χ2v) is 7.59. The first-order valence-corrected chi connectivity index (χ1v) is 9.56. The minimum Gasteiger partial charge on any atom is -0.507 e. The van der Waals surface area contributed by atoms with Crippen LogP contribution in [0.15, 0.2) is 57.7 Å². The van der Waals surface area contributed by atoms with Crippen LogP contribution in [0.4, 0.5) is 0 Å². The van der Waals surface area contributed by atoms with Crippen molar-refractivity contribution >= 4 is 11.0 Å². The lowest BCUT2D eigenvalue weighted by atomic mass is 10.1. The molecule has 3 N–H and O–H groups in total. The van der Waals surface area contributed by atoms with Crippen LogP contribution in [-0.2, 0) is 13.1 Å². The van der Waals surface area contributed by atoms with Crippen molar-refractivity contribution in [1.82, 2.24) is 0 Å². The molecule has 0 amide bonds. The van der Waals surface area contributed by atoms with Gasteiger partial charge in [-0.3, -0.25) is 0 Å². The highest BCUT2D eigenvalue weighted by Crippen LogP contribution is 2.28. The number of hydrogen-bond acceptors (Lipinski definition) is 3. The molecule has 1 aromatic heterocycles. The van der Waals surface area contributed by atoms with Gasteiger partial charge in [0, 0.05) is 17.2 Å². The lowest BCUT2D eigenvalue weighted by Crippen LogP contribution is -3.27. The van der Waals surface area contributed by atoms with E-state index in [2.05, 4.69) is 30.3 Å².